The second-order valence-electron chi connectivity index (χ2n) is 5.01. The van der Waals surface area contributed by atoms with Crippen molar-refractivity contribution in [1.29, 1.82) is 0 Å². The highest BCUT2D eigenvalue weighted by Crippen LogP contribution is 2.26. The monoisotopic (exact) mass is 233 g/mol. The highest BCUT2D eigenvalue weighted by molar-refractivity contribution is 7.99. The molecule has 3 rings (SSSR count). The maximum atomic E-state index is 3.74. The maximum absolute atomic E-state index is 3.74. The largest absolute Gasteiger partial charge is 0.313 e. The fraction of sp³-hybridized carbons (Fsp3) is 0.571. The molecular formula is C14H19NS. The van der Waals surface area contributed by atoms with E-state index in [0.717, 1.165) is 12.0 Å². The molecule has 2 heteroatoms. The van der Waals surface area contributed by atoms with E-state index in [9.17, 15) is 0 Å². The molecule has 1 aromatic carbocycles. The lowest BCUT2D eigenvalue weighted by atomic mass is 10.1. The van der Waals surface area contributed by atoms with Crippen LogP contribution in [0, 0.1) is 5.92 Å². The predicted octanol–water partition coefficient (Wildman–Crippen LogP) is 2.50. The zero-order valence-electron chi connectivity index (χ0n) is 9.61. The minimum absolute atomic E-state index is 0.786. The van der Waals surface area contributed by atoms with Crippen molar-refractivity contribution in [3.63, 3.8) is 0 Å². The predicted molar refractivity (Wildman–Crippen MR) is 71.1 cm³/mol. The van der Waals surface area contributed by atoms with Crippen LogP contribution in [0.5, 0.6) is 0 Å². The Bertz CT molecular complexity index is 333. The highest BCUT2D eigenvalue weighted by atomic mass is 32.2. The SMILES string of the molecule is c1ccc2c(c1)CC(CNC1CCSC1)C2. The average Bonchev–Trinajstić information content (AvgIpc) is 2.95. The third kappa shape index (κ3) is 2.28. The zero-order chi connectivity index (χ0) is 10.8. The van der Waals surface area contributed by atoms with Crippen molar-refractivity contribution < 1.29 is 0 Å². The van der Waals surface area contributed by atoms with Crippen molar-refractivity contribution in [2.45, 2.75) is 25.3 Å². The lowest BCUT2D eigenvalue weighted by Gasteiger charge is -2.15. The molecule has 0 spiro atoms. The highest BCUT2D eigenvalue weighted by Gasteiger charge is 2.22. The molecule has 0 bridgehead atoms. The zero-order valence-corrected chi connectivity index (χ0v) is 10.4. The van der Waals surface area contributed by atoms with E-state index in [0.29, 0.717) is 0 Å². The number of fused-ring (bicyclic) bond motifs is 1. The molecule has 1 unspecified atom stereocenters. The van der Waals surface area contributed by atoms with E-state index >= 15 is 0 Å². The van der Waals surface area contributed by atoms with E-state index < -0.39 is 0 Å². The van der Waals surface area contributed by atoms with Gasteiger partial charge in [-0.2, -0.15) is 11.8 Å². The van der Waals surface area contributed by atoms with E-state index in [1.807, 2.05) is 0 Å². The normalized spacial score (nSPS) is 24.9. The van der Waals surface area contributed by atoms with Gasteiger partial charge in [-0.15, -0.1) is 0 Å². The first-order chi connectivity index (χ1) is 7.92. The maximum Gasteiger partial charge on any atom is 0.0166 e. The summed E-state index contributed by atoms with van der Waals surface area (Å²) in [5.74, 6) is 3.50. The Kier molecular flexibility index (Phi) is 3.20. The minimum Gasteiger partial charge on any atom is -0.313 e. The molecule has 1 aromatic rings. The summed E-state index contributed by atoms with van der Waals surface area (Å²) in [5, 5.41) is 3.74. The Hall–Kier alpha value is -0.470. The second-order valence-corrected chi connectivity index (χ2v) is 6.16. The van der Waals surface area contributed by atoms with Gasteiger partial charge in [0.1, 0.15) is 0 Å². The fourth-order valence-corrected chi connectivity index (χ4v) is 4.01. The first-order valence-electron chi connectivity index (χ1n) is 6.30. The van der Waals surface area contributed by atoms with Gasteiger partial charge in [-0.3, -0.25) is 0 Å². The van der Waals surface area contributed by atoms with Gasteiger partial charge in [0.15, 0.2) is 0 Å². The van der Waals surface area contributed by atoms with Crippen molar-refractivity contribution in [1.82, 2.24) is 5.32 Å². The quantitative estimate of drug-likeness (QED) is 0.861. The molecule has 1 nitrogen and oxygen atoms in total. The summed E-state index contributed by atoms with van der Waals surface area (Å²) in [6.45, 7) is 1.21. The molecule has 1 N–H and O–H groups in total. The molecule has 1 aliphatic carbocycles. The summed E-state index contributed by atoms with van der Waals surface area (Å²) in [6, 6.07) is 9.71. The average molecular weight is 233 g/mol. The fourth-order valence-electron chi connectivity index (χ4n) is 2.82. The minimum atomic E-state index is 0.786. The van der Waals surface area contributed by atoms with Gasteiger partial charge < -0.3 is 5.32 Å². The molecular weight excluding hydrogens is 214 g/mol. The summed E-state index contributed by atoms with van der Waals surface area (Å²) in [6.07, 6.45) is 3.93. The van der Waals surface area contributed by atoms with Gasteiger partial charge in [0.2, 0.25) is 0 Å². The Morgan fingerprint density at radius 1 is 1.19 bits per heavy atom. The van der Waals surface area contributed by atoms with Crippen molar-refractivity contribution in [2.75, 3.05) is 18.1 Å². The summed E-state index contributed by atoms with van der Waals surface area (Å²) in [7, 11) is 0. The van der Waals surface area contributed by atoms with Crippen LogP contribution in [0.1, 0.15) is 17.5 Å². The van der Waals surface area contributed by atoms with Gasteiger partial charge in [0, 0.05) is 11.8 Å². The van der Waals surface area contributed by atoms with Gasteiger partial charge in [0.05, 0.1) is 0 Å². The molecule has 0 saturated carbocycles. The number of rotatable bonds is 3. The summed E-state index contributed by atoms with van der Waals surface area (Å²) in [5.41, 5.74) is 3.16. The standard InChI is InChI=1S/C14H19NS/c1-2-4-13-8-11(7-12(13)3-1)9-15-14-5-6-16-10-14/h1-4,11,14-15H,5-10H2. The van der Waals surface area contributed by atoms with Crippen LogP contribution < -0.4 is 5.32 Å². The topological polar surface area (TPSA) is 12.0 Å². The number of nitrogens with one attached hydrogen (secondary N) is 1. The third-order valence-corrected chi connectivity index (χ3v) is 4.92. The van der Waals surface area contributed by atoms with Crippen LogP contribution in [0.2, 0.25) is 0 Å². The number of hydrogen-bond donors (Lipinski definition) is 1. The molecule has 0 amide bonds. The van der Waals surface area contributed by atoms with E-state index in [1.165, 1.54) is 37.3 Å². The molecule has 1 heterocycles. The van der Waals surface area contributed by atoms with Crippen LogP contribution in [0.3, 0.4) is 0 Å². The van der Waals surface area contributed by atoms with E-state index in [-0.39, 0.29) is 0 Å². The molecule has 1 atom stereocenters. The van der Waals surface area contributed by atoms with Crippen molar-refractivity contribution in [3.8, 4) is 0 Å². The molecule has 1 saturated heterocycles. The molecule has 16 heavy (non-hydrogen) atoms. The molecule has 1 aliphatic heterocycles. The van der Waals surface area contributed by atoms with Crippen LogP contribution in [-0.4, -0.2) is 24.1 Å². The van der Waals surface area contributed by atoms with Crippen molar-refractivity contribution >= 4 is 11.8 Å². The molecule has 0 radical (unpaired) electrons. The number of thioether (sulfide) groups is 1. The van der Waals surface area contributed by atoms with E-state index in [2.05, 4.69) is 41.3 Å². The Morgan fingerprint density at radius 3 is 2.56 bits per heavy atom. The van der Waals surface area contributed by atoms with Crippen molar-refractivity contribution in [2.24, 2.45) is 5.92 Å². The summed E-state index contributed by atoms with van der Waals surface area (Å²) < 4.78 is 0. The number of hydrogen-bond acceptors (Lipinski definition) is 2. The van der Waals surface area contributed by atoms with Crippen LogP contribution in [0.4, 0.5) is 0 Å². The molecule has 86 valence electrons. The summed E-state index contributed by atoms with van der Waals surface area (Å²) >= 11 is 2.09. The van der Waals surface area contributed by atoms with Crippen LogP contribution in [0.15, 0.2) is 24.3 Å². The van der Waals surface area contributed by atoms with Gasteiger partial charge in [-0.1, -0.05) is 24.3 Å². The van der Waals surface area contributed by atoms with Crippen LogP contribution in [-0.2, 0) is 12.8 Å². The van der Waals surface area contributed by atoms with Crippen molar-refractivity contribution in [3.05, 3.63) is 35.4 Å². The lowest BCUT2D eigenvalue weighted by molar-refractivity contribution is 0.455. The van der Waals surface area contributed by atoms with Gasteiger partial charge in [-0.05, 0) is 48.6 Å². The number of benzene rings is 1. The second kappa shape index (κ2) is 4.80. The molecule has 0 aromatic heterocycles. The first kappa shape index (κ1) is 10.7. The Balaban J connectivity index is 1.52. The van der Waals surface area contributed by atoms with Crippen LogP contribution in [0.25, 0.3) is 0 Å². The third-order valence-electron chi connectivity index (χ3n) is 3.76. The smallest absolute Gasteiger partial charge is 0.0166 e. The van der Waals surface area contributed by atoms with Gasteiger partial charge >= 0.3 is 0 Å². The Morgan fingerprint density at radius 2 is 1.94 bits per heavy atom. The first-order valence-corrected chi connectivity index (χ1v) is 7.45. The lowest BCUT2D eigenvalue weighted by Crippen LogP contribution is -2.33. The van der Waals surface area contributed by atoms with E-state index in [1.54, 1.807) is 11.1 Å². The van der Waals surface area contributed by atoms with Gasteiger partial charge in [0.25, 0.3) is 0 Å². The Labute approximate surface area is 102 Å². The molecule has 2 aliphatic rings. The summed E-state index contributed by atoms with van der Waals surface area (Å²) in [4.78, 5) is 0. The van der Waals surface area contributed by atoms with Gasteiger partial charge in [-0.25, -0.2) is 0 Å². The van der Waals surface area contributed by atoms with Crippen LogP contribution >= 0.6 is 11.8 Å². The van der Waals surface area contributed by atoms with E-state index in [4.69, 9.17) is 0 Å². The molecule has 1 fully saturated rings.